The Morgan fingerprint density at radius 2 is 0.959 bits per heavy atom. The third-order valence-corrected chi connectivity index (χ3v) is 7.33. The Morgan fingerprint density at radius 1 is 0.469 bits per heavy atom. The molecule has 5 aromatic rings. The van der Waals surface area contributed by atoms with Crippen molar-refractivity contribution in [2.24, 2.45) is 0 Å². The minimum absolute atomic E-state index is 0.0314. The van der Waals surface area contributed by atoms with Crippen LogP contribution in [0.5, 0.6) is 40.2 Å². The zero-order chi connectivity index (χ0) is 34.6. The summed E-state index contributed by atoms with van der Waals surface area (Å²) >= 11 is 0. The van der Waals surface area contributed by atoms with E-state index in [1.807, 2.05) is 91.0 Å². The van der Waals surface area contributed by atoms with Crippen molar-refractivity contribution >= 4 is 11.9 Å². The van der Waals surface area contributed by atoms with Gasteiger partial charge in [0.2, 0.25) is 17.2 Å². The summed E-state index contributed by atoms with van der Waals surface area (Å²) in [6, 6.07) is 32.9. The molecule has 0 fully saturated rings. The first-order chi connectivity index (χ1) is 23.9. The van der Waals surface area contributed by atoms with Crippen molar-refractivity contribution in [3.05, 3.63) is 137 Å². The number of rotatable bonds is 15. The molecule has 252 valence electrons. The van der Waals surface area contributed by atoms with Crippen LogP contribution in [0.1, 0.15) is 37.4 Å². The summed E-state index contributed by atoms with van der Waals surface area (Å²) in [4.78, 5) is 26.1. The Balaban J connectivity index is 1.73. The van der Waals surface area contributed by atoms with Crippen molar-refractivity contribution in [2.75, 3.05) is 28.4 Å². The SMILES string of the molecule is COC(=O)c1cc(OC)c(OC)c(Oc2c(C(=O)OC)cc(OCc3ccccc3)c(OCc3ccccc3)c2OCc2ccccc2)c1. The van der Waals surface area contributed by atoms with Crippen molar-refractivity contribution < 1.29 is 47.5 Å². The molecule has 0 aliphatic heterocycles. The van der Waals surface area contributed by atoms with E-state index in [2.05, 4.69) is 0 Å². The van der Waals surface area contributed by atoms with Gasteiger partial charge in [-0.05, 0) is 28.8 Å². The number of methoxy groups -OCH3 is 4. The summed E-state index contributed by atoms with van der Waals surface area (Å²) in [5, 5.41) is 0. The normalized spacial score (nSPS) is 10.4. The van der Waals surface area contributed by atoms with Gasteiger partial charge in [0.05, 0.1) is 34.0 Å². The van der Waals surface area contributed by atoms with Gasteiger partial charge in [-0.3, -0.25) is 0 Å². The van der Waals surface area contributed by atoms with Crippen molar-refractivity contribution in [3.63, 3.8) is 0 Å². The average molecular weight is 665 g/mol. The number of carbonyl (C=O) groups is 2. The fourth-order valence-corrected chi connectivity index (χ4v) is 4.88. The van der Waals surface area contributed by atoms with Crippen LogP contribution >= 0.6 is 0 Å². The van der Waals surface area contributed by atoms with Crippen LogP contribution in [0.4, 0.5) is 0 Å². The molecule has 0 saturated carbocycles. The van der Waals surface area contributed by atoms with E-state index >= 15 is 0 Å². The molecule has 0 atom stereocenters. The molecule has 0 aromatic heterocycles. The maximum absolute atomic E-state index is 13.5. The van der Waals surface area contributed by atoms with Crippen molar-refractivity contribution in [1.29, 1.82) is 0 Å². The van der Waals surface area contributed by atoms with Crippen LogP contribution in [-0.4, -0.2) is 40.4 Å². The smallest absolute Gasteiger partial charge is 0.341 e. The lowest BCUT2D eigenvalue weighted by Gasteiger charge is -2.23. The van der Waals surface area contributed by atoms with Crippen molar-refractivity contribution in [3.8, 4) is 40.2 Å². The largest absolute Gasteiger partial charge is 0.493 e. The monoisotopic (exact) mass is 664 g/mol. The average Bonchev–Trinajstić information content (AvgIpc) is 3.16. The predicted molar refractivity (Wildman–Crippen MR) is 181 cm³/mol. The van der Waals surface area contributed by atoms with E-state index in [-0.39, 0.29) is 71.2 Å². The van der Waals surface area contributed by atoms with Gasteiger partial charge in [-0.15, -0.1) is 0 Å². The minimum Gasteiger partial charge on any atom is -0.493 e. The van der Waals surface area contributed by atoms with E-state index in [9.17, 15) is 9.59 Å². The van der Waals surface area contributed by atoms with Crippen LogP contribution in [-0.2, 0) is 29.3 Å². The van der Waals surface area contributed by atoms with Gasteiger partial charge in [0.15, 0.2) is 23.0 Å². The van der Waals surface area contributed by atoms with Gasteiger partial charge in [-0.25, -0.2) is 9.59 Å². The molecule has 49 heavy (non-hydrogen) atoms. The lowest BCUT2D eigenvalue weighted by atomic mass is 10.1. The van der Waals surface area contributed by atoms with Gasteiger partial charge < -0.3 is 37.9 Å². The van der Waals surface area contributed by atoms with E-state index < -0.39 is 11.9 Å². The van der Waals surface area contributed by atoms with Crippen molar-refractivity contribution in [1.82, 2.24) is 0 Å². The van der Waals surface area contributed by atoms with Crippen molar-refractivity contribution in [2.45, 2.75) is 19.8 Å². The molecule has 0 bridgehead atoms. The summed E-state index contributed by atoms with van der Waals surface area (Å²) < 4.78 is 47.0. The molecule has 0 N–H and O–H groups in total. The van der Waals surface area contributed by atoms with Gasteiger partial charge in [0.25, 0.3) is 0 Å². The van der Waals surface area contributed by atoms with Crippen LogP contribution in [0.2, 0.25) is 0 Å². The van der Waals surface area contributed by atoms with Gasteiger partial charge >= 0.3 is 11.9 Å². The predicted octanol–water partition coefficient (Wildman–Crippen LogP) is 7.81. The Morgan fingerprint density at radius 3 is 1.45 bits per heavy atom. The Hall–Kier alpha value is -6.16. The zero-order valence-electron chi connectivity index (χ0n) is 27.6. The highest BCUT2D eigenvalue weighted by atomic mass is 16.6. The quantitative estimate of drug-likeness (QED) is 0.103. The molecular weight excluding hydrogens is 628 g/mol. The van der Waals surface area contributed by atoms with Crippen LogP contribution < -0.4 is 28.4 Å². The first-order valence-corrected chi connectivity index (χ1v) is 15.3. The summed E-state index contributed by atoms with van der Waals surface area (Å²) in [5.74, 6) is -0.646. The van der Waals surface area contributed by atoms with E-state index in [1.165, 1.54) is 46.6 Å². The fraction of sp³-hybridized carbons (Fsp3) is 0.179. The summed E-state index contributed by atoms with van der Waals surface area (Å²) in [5.41, 5.74) is 2.68. The summed E-state index contributed by atoms with van der Waals surface area (Å²) in [7, 11) is 5.36. The highest BCUT2D eigenvalue weighted by Gasteiger charge is 2.30. The van der Waals surface area contributed by atoms with Crippen LogP contribution in [0.3, 0.4) is 0 Å². The van der Waals surface area contributed by atoms with E-state index in [1.54, 1.807) is 0 Å². The van der Waals surface area contributed by atoms with E-state index in [0.717, 1.165) is 16.7 Å². The third kappa shape index (κ3) is 8.41. The maximum Gasteiger partial charge on any atom is 0.341 e. The number of hydrogen-bond donors (Lipinski definition) is 0. The molecule has 0 aliphatic carbocycles. The maximum atomic E-state index is 13.5. The number of carbonyl (C=O) groups excluding carboxylic acids is 2. The fourth-order valence-electron chi connectivity index (χ4n) is 4.88. The molecule has 0 aliphatic rings. The van der Waals surface area contributed by atoms with Crippen LogP contribution in [0, 0.1) is 0 Å². The van der Waals surface area contributed by atoms with E-state index in [4.69, 9.17) is 37.9 Å². The first-order valence-electron chi connectivity index (χ1n) is 15.3. The zero-order valence-corrected chi connectivity index (χ0v) is 27.6. The third-order valence-electron chi connectivity index (χ3n) is 7.33. The summed E-state index contributed by atoms with van der Waals surface area (Å²) in [6.07, 6.45) is 0. The molecule has 0 saturated heterocycles. The van der Waals surface area contributed by atoms with Gasteiger partial charge in [0.1, 0.15) is 25.4 Å². The molecule has 0 spiro atoms. The van der Waals surface area contributed by atoms with Gasteiger partial charge in [-0.1, -0.05) is 91.0 Å². The number of benzene rings is 5. The molecule has 10 nitrogen and oxygen atoms in total. The summed E-state index contributed by atoms with van der Waals surface area (Å²) in [6.45, 7) is 0.369. The van der Waals surface area contributed by atoms with Gasteiger partial charge in [0, 0.05) is 6.07 Å². The highest BCUT2D eigenvalue weighted by Crippen LogP contribution is 2.51. The lowest BCUT2D eigenvalue weighted by molar-refractivity contribution is 0.0587. The second kappa shape index (κ2) is 16.6. The molecule has 10 heteroatoms. The standard InChI is InChI=1S/C39H36O10/c1-42-31-20-29(38(40)44-3)21-33(35(31)43-2)49-34-30(39(41)45-4)22-32(46-23-26-14-8-5-9-15-26)36(47-24-27-16-10-6-11-17-27)37(34)48-25-28-18-12-7-13-19-28/h5-22H,23-25H2,1-4H3. The molecule has 0 radical (unpaired) electrons. The van der Waals surface area contributed by atoms with Gasteiger partial charge in [-0.2, -0.15) is 0 Å². The second-order valence-electron chi connectivity index (χ2n) is 10.5. The van der Waals surface area contributed by atoms with Crippen LogP contribution in [0.15, 0.2) is 109 Å². The molecule has 5 aromatic carbocycles. The Bertz CT molecular complexity index is 1860. The Labute approximate surface area is 284 Å². The molecular formula is C39H36O10. The highest BCUT2D eigenvalue weighted by molar-refractivity contribution is 5.96. The van der Waals surface area contributed by atoms with Crippen LogP contribution in [0.25, 0.3) is 0 Å². The molecule has 0 amide bonds. The number of ether oxygens (including phenoxy) is 8. The molecule has 0 heterocycles. The first kappa shape index (κ1) is 34.2. The second-order valence-corrected chi connectivity index (χ2v) is 10.5. The molecule has 0 unspecified atom stereocenters. The Kier molecular flexibility index (Phi) is 11.6. The lowest BCUT2D eigenvalue weighted by Crippen LogP contribution is -2.11. The number of esters is 2. The topological polar surface area (TPSA) is 108 Å². The number of hydrogen-bond acceptors (Lipinski definition) is 10. The molecule has 5 rings (SSSR count). The minimum atomic E-state index is -0.742. The van der Waals surface area contributed by atoms with E-state index in [0.29, 0.717) is 0 Å².